The molecule has 2 N–H and O–H groups in total. The van der Waals surface area contributed by atoms with Crippen LogP contribution in [0.1, 0.15) is 19.3 Å². The van der Waals surface area contributed by atoms with Crippen LogP contribution in [-0.2, 0) is 0 Å². The predicted octanol–water partition coefficient (Wildman–Crippen LogP) is 1.37. The molecule has 2 atom stereocenters. The maximum Gasteiger partial charge on any atom is 0.0625 e. The van der Waals surface area contributed by atoms with Gasteiger partial charge in [0.1, 0.15) is 0 Å². The SMILES string of the molecule is N#CCC1CCSCCC1N. The molecular formula is C8H14N2S. The summed E-state index contributed by atoms with van der Waals surface area (Å²) in [4.78, 5) is 0. The standard InChI is InChI=1S/C8H14N2S/c9-4-1-7-2-5-11-6-3-8(7)10/h7-8H,1-3,5-6,10H2. The molecule has 62 valence electrons. The Morgan fingerprint density at radius 1 is 1.45 bits per heavy atom. The summed E-state index contributed by atoms with van der Waals surface area (Å²) in [7, 11) is 0. The monoisotopic (exact) mass is 170 g/mol. The third-order valence-electron chi connectivity index (χ3n) is 2.19. The first-order valence-corrected chi connectivity index (χ1v) is 5.20. The molecule has 1 heterocycles. The van der Waals surface area contributed by atoms with Crippen molar-refractivity contribution in [1.82, 2.24) is 0 Å². The maximum absolute atomic E-state index is 8.52. The smallest absolute Gasteiger partial charge is 0.0625 e. The van der Waals surface area contributed by atoms with Gasteiger partial charge in [0, 0.05) is 12.5 Å². The van der Waals surface area contributed by atoms with Gasteiger partial charge in [-0.15, -0.1) is 0 Å². The van der Waals surface area contributed by atoms with Crippen LogP contribution >= 0.6 is 11.8 Å². The zero-order valence-corrected chi connectivity index (χ0v) is 7.44. The molecular weight excluding hydrogens is 156 g/mol. The van der Waals surface area contributed by atoms with Gasteiger partial charge in [0.2, 0.25) is 0 Å². The fourth-order valence-electron chi connectivity index (χ4n) is 1.38. The van der Waals surface area contributed by atoms with Crippen molar-refractivity contribution in [2.75, 3.05) is 11.5 Å². The highest BCUT2D eigenvalue weighted by molar-refractivity contribution is 7.99. The van der Waals surface area contributed by atoms with E-state index in [-0.39, 0.29) is 6.04 Å². The normalized spacial score (nSPS) is 32.4. The fraction of sp³-hybridized carbons (Fsp3) is 0.875. The fourth-order valence-corrected chi connectivity index (χ4v) is 2.49. The first-order valence-electron chi connectivity index (χ1n) is 4.05. The summed E-state index contributed by atoms with van der Waals surface area (Å²) in [6.07, 6.45) is 2.85. The second-order valence-corrected chi connectivity index (χ2v) is 4.20. The maximum atomic E-state index is 8.52. The number of thioether (sulfide) groups is 1. The van der Waals surface area contributed by atoms with Gasteiger partial charge in [-0.25, -0.2) is 0 Å². The van der Waals surface area contributed by atoms with Gasteiger partial charge in [0.05, 0.1) is 6.07 Å². The van der Waals surface area contributed by atoms with Crippen LogP contribution in [-0.4, -0.2) is 17.5 Å². The summed E-state index contributed by atoms with van der Waals surface area (Å²) in [5, 5.41) is 8.52. The lowest BCUT2D eigenvalue weighted by Crippen LogP contribution is -2.29. The van der Waals surface area contributed by atoms with Gasteiger partial charge in [-0.3, -0.25) is 0 Å². The summed E-state index contributed by atoms with van der Waals surface area (Å²) >= 11 is 1.96. The lowest BCUT2D eigenvalue weighted by atomic mass is 9.93. The molecule has 0 spiro atoms. The number of nitrogens with zero attached hydrogens (tertiary/aromatic N) is 1. The molecule has 0 aromatic rings. The second-order valence-electron chi connectivity index (χ2n) is 2.98. The lowest BCUT2D eigenvalue weighted by molar-refractivity contribution is 0.416. The van der Waals surface area contributed by atoms with Crippen LogP contribution in [0.25, 0.3) is 0 Å². The van der Waals surface area contributed by atoms with E-state index in [9.17, 15) is 0 Å². The molecule has 1 aliphatic heterocycles. The van der Waals surface area contributed by atoms with Crippen LogP contribution in [0, 0.1) is 17.2 Å². The van der Waals surface area contributed by atoms with Crippen molar-refractivity contribution < 1.29 is 0 Å². The number of hydrogen-bond acceptors (Lipinski definition) is 3. The Kier molecular flexibility index (Phi) is 3.74. The topological polar surface area (TPSA) is 49.8 Å². The Balaban J connectivity index is 2.40. The third-order valence-corrected chi connectivity index (χ3v) is 3.24. The predicted molar refractivity (Wildman–Crippen MR) is 48.3 cm³/mol. The van der Waals surface area contributed by atoms with Crippen LogP contribution in [0.2, 0.25) is 0 Å². The summed E-state index contributed by atoms with van der Waals surface area (Å²) in [6, 6.07) is 2.47. The van der Waals surface area contributed by atoms with E-state index in [0.29, 0.717) is 12.3 Å². The molecule has 0 bridgehead atoms. The first kappa shape index (κ1) is 8.89. The first-order chi connectivity index (χ1) is 5.34. The zero-order valence-electron chi connectivity index (χ0n) is 6.62. The molecule has 0 saturated carbocycles. The molecule has 1 fully saturated rings. The van der Waals surface area contributed by atoms with Crippen LogP contribution in [0.5, 0.6) is 0 Å². The van der Waals surface area contributed by atoms with Crippen molar-refractivity contribution >= 4 is 11.8 Å². The second kappa shape index (κ2) is 4.63. The number of hydrogen-bond donors (Lipinski definition) is 1. The molecule has 3 heteroatoms. The largest absolute Gasteiger partial charge is 0.327 e. The van der Waals surface area contributed by atoms with Crippen molar-refractivity contribution in [1.29, 1.82) is 5.26 Å². The molecule has 0 aromatic carbocycles. The van der Waals surface area contributed by atoms with E-state index >= 15 is 0 Å². The highest BCUT2D eigenvalue weighted by atomic mass is 32.2. The average Bonchev–Trinajstić information content (AvgIpc) is 2.18. The molecule has 1 saturated heterocycles. The molecule has 0 amide bonds. The summed E-state index contributed by atoms with van der Waals surface area (Å²) < 4.78 is 0. The van der Waals surface area contributed by atoms with Crippen molar-refractivity contribution in [3.8, 4) is 6.07 Å². The van der Waals surface area contributed by atoms with Crippen molar-refractivity contribution in [3.05, 3.63) is 0 Å². The van der Waals surface area contributed by atoms with Crippen molar-refractivity contribution in [2.24, 2.45) is 11.7 Å². The summed E-state index contributed by atoms with van der Waals surface area (Å²) in [6.45, 7) is 0. The molecule has 2 unspecified atom stereocenters. The minimum Gasteiger partial charge on any atom is -0.327 e. The van der Waals surface area contributed by atoms with Gasteiger partial charge in [-0.05, 0) is 30.3 Å². The molecule has 11 heavy (non-hydrogen) atoms. The van der Waals surface area contributed by atoms with Crippen LogP contribution < -0.4 is 5.73 Å². The van der Waals surface area contributed by atoms with Crippen LogP contribution in [0.3, 0.4) is 0 Å². The van der Waals surface area contributed by atoms with E-state index in [0.717, 1.165) is 12.8 Å². The Morgan fingerprint density at radius 2 is 2.18 bits per heavy atom. The van der Waals surface area contributed by atoms with Gasteiger partial charge in [-0.2, -0.15) is 17.0 Å². The van der Waals surface area contributed by atoms with E-state index < -0.39 is 0 Å². The lowest BCUT2D eigenvalue weighted by Gasteiger charge is -2.16. The van der Waals surface area contributed by atoms with Gasteiger partial charge in [0.25, 0.3) is 0 Å². The van der Waals surface area contributed by atoms with E-state index in [4.69, 9.17) is 11.0 Å². The highest BCUT2D eigenvalue weighted by Gasteiger charge is 2.19. The number of nitriles is 1. The van der Waals surface area contributed by atoms with E-state index in [2.05, 4.69) is 6.07 Å². The Labute approximate surface area is 72.1 Å². The molecule has 1 rings (SSSR count). The molecule has 1 aliphatic rings. The number of rotatable bonds is 1. The van der Waals surface area contributed by atoms with Gasteiger partial charge < -0.3 is 5.73 Å². The van der Waals surface area contributed by atoms with E-state index in [1.165, 1.54) is 11.5 Å². The Bertz CT molecular complexity index is 153. The highest BCUT2D eigenvalue weighted by Crippen LogP contribution is 2.23. The quantitative estimate of drug-likeness (QED) is 0.646. The Morgan fingerprint density at radius 3 is 2.91 bits per heavy atom. The van der Waals surface area contributed by atoms with Gasteiger partial charge in [-0.1, -0.05) is 0 Å². The molecule has 2 nitrogen and oxygen atoms in total. The third kappa shape index (κ3) is 2.72. The minimum atomic E-state index is 0.268. The van der Waals surface area contributed by atoms with Crippen molar-refractivity contribution in [2.45, 2.75) is 25.3 Å². The van der Waals surface area contributed by atoms with E-state index in [1.807, 2.05) is 11.8 Å². The van der Waals surface area contributed by atoms with Crippen LogP contribution in [0.4, 0.5) is 0 Å². The minimum absolute atomic E-state index is 0.268. The number of nitrogens with two attached hydrogens (primary N) is 1. The van der Waals surface area contributed by atoms with Gasteiger partial charge >= 0.3 is 0 Å². The molecule has 0 radical (unpaired) electrons. The summed E-state index contributed by atoms with van der Waals surface area (Å²) in [5.41, 5.74) is 5.90. The van der Waals surface area contributed by atoms with Crippen LogP contribution in [0.15, 0.2) is 0 Å². The van der Waals surface area contributed by atoms with Crippen molar-refractivity contribution in [3.63, 3.8) is 0 Å². The van der Waals surface area contributed by atoms with E-state index in [1.54, 1.807) is 0 Å². The molecule has 0 aliphatic carbocycles. The molecule has 0 aromatic heterocycles. The Hall–Kier alpha value is -0.200. The zero-order chi connectivity index (χ0) is 8.10. The average molecular weight is 170 g/mol. The summed E-state index contributed by atoms with van der Waals surface area (Å²) in [5.74, 6) is 2.80. The van der Waals surface area contributed by atoms with Gasteiger partial charge in [0.15, 0.2) is 0 Å².